The summed E-state index contributed by atoms with van der Waals surface area (Å²) >= 11 is 1.81. The smallest absolute Gasteiger partial charge is 0.338 e. The Balaban J connectivity index is 2.10. The normalized spacial score (nSPS) is 22.5. The fraction of sp³-hybridized carbons (Fsp3) is 0.562. The molecule has 0 amide bonds. The van der Waals surface area contributed by atoms with E-state index >= 15 is 0 Å². The van der Waals surface area contributed by atoms with Crippen molar-refractivity contribution in [3.63, 3.8) is 0 Å². The summed E-state index contributed by atoms with van der Waals surface area (Å²) in [5, 5.41) is 0.610. The van der Waals surface area contributed by atoms with Crippen LogP contribution in [0, 0.1) is 5.92 Å². The lowest BCUT2D eigenvalue weighted by molar-refractivity contribution is 0.0526. The highest BCUT2D eigenvalue weighted by Crippen LogP contribution is 2.38. The number of carbonyl (C=O) groups excluding carboxylic acids is 1. The van der Waals surface area contributed by atoms with Crippen molar-refractivity contribution in [3.05, 3.63) is 23.8 Å². The standard InChI is InChI=1S/C16H23NO2S/c1-3-19-16(18)12-7-8-14(17)15(10-12)20-13-6-4-5-11(2)9-13/h7-8,10-11,13H,3-6,9,17H2,1-2H3. The number of nitrogens with two attached hydrogens (primary N) is 1. The lowest BCUT2D eigenvalue weighted by Gasteiger charge is -2.26. The first kappa shape index (κ1) is 15.2. The second kappa shape index (κ2) is 7.02. The van der Waals surface area contributed by atoms with Gasteiger partial charge in [-0.1, -0.05) is 19.8 Å². The summed E-state index contributed by atoms with van der Waals surface area (Å²) in [5.41, 5.74) is 7.38. The number of rotatable bonds is 4. The fourth-order valence-electron chi connectivity index (χ4n) is 2.64. The molecule has 1 aliphatic rings. The highest BCUT2D eigenvalue weighted by Gasteiger charge is 2.21. The Labute approximate surface area is 125 Å². The molecule has 0 heterocycles. The first-order chi connectivity index (χ1) is 9.60. The zero-order chi connectivity index (χ0) is 14.5. The number of carbonyl (C=O) groups is 1. The average molecular weight is 293 g/mol. The third-order valence-corrected chi connectivity index (χ3v) is 5.08. The molecule has 2 unspecified atom stereocenters. The van der Waals surface area contributed by atoms with E-state index in [1.165, 1.54) is 25.7 Å². The van der Waals surface area contributed by atoms with Gasteiger partial charge in [0.05, 0.1) is 12.2 Å². The van der Waals surface area contributed by atoms with Gasteiger partial charge in [-0.05, 0) is 43.9 Å². The Morgan fingerprint density at radius 2 is 2.25 bits per heavy atom. The molecule has 3 nitrogen and oxygen atoms in total. The van der Waals surface area contributed by atoms with E-state index in [0.29, 0.717) is 17.4 Å². The molecule has 0 radical (unpaired) electrons. The molecular formula is C16H23NO2S. The molecule has 2 rings (SSSR count). The summed E-state index contributed by atoms with van der Waals surface area (Å²) < 4.78 is 5.04. The quantitative estimate of drug-likeness (QED) is 0.670. The predicted molar refractivity (Wildman–Crippen MR) is 84.1 cm³/mol. The lowest BCUT2D eigenvalue weighted by Crippen LogP contribution is -2.15. The van der Waals surface area contributed by atoms with E-state index in [1.807, 2.05) is 24.8 Å². The molecule has 1 fully saturated rings. The van der Waals surface area contributed by atoms with Gasteiger partial charge in [0.1, 0.15) is 0 Å². The molecule has 2 N–H and O–H groups in total. The topological polar surface area (TPSA) is 52.3 Å². The molecule has 110 valence electrons. The van der Waals surface area contributed by atoms with Crippen molar-refractivity contribution >= 4 is 23.4 Å². The Bertz CT molecular complexity index is 476. The highest BCUT2D eigenvalue weighted by molar-refractivity contribution is 8.00. The maximum atomic E-state index is 11.8. The van der Waals surface area contributed by atoms with Crippen LogP contribution in [-0.4, -0.2) is 17.8 Å². The van der Waals surface area contributed by atoms with E-state index in [1.54, 1.807) is 12.1 Å². The number of benzene rings is 1. The molecule has 0 saturated heterocycles. The van der Waals surface area contributed by atoms with Crippen LogP contribution < -0.4 is 5.73 Å². The van der Waals surface area contributed by atoms with Crippen LogP contribution in [0.15, 0.2) is 23.1 Å². The maximum absolute atomic E-state index is 11.8. The van der Waals surface area contributed by atoms with E-state index < -0.39 is 0 Å². The summed E-state index contributed by atoms with van der Waals surface area (Å²) in [7, 11) is 0. The first-order valence-corrected chi connectivity index (χ1v) is 8.21. The van der Waals surface area contributed by atoms with Gasteiger partial charge in [-0.3, -0.25) is 0 Å². The zero-order valence-corrected chi connectivity index (χ0v) is 13.0. The maximum Gasteiger partial charge on any atom is 0.338 e. The van der Waals surface area contributed by atoms with Crippen LogP contribution in [-0.2, 0) is 4.74 Å². The minimum absolute atomic E-state index is 0.272. The van der Waals surface area contributed by atoms with E-state index in [-0.39, 0.29) is 5.97 Å². The van der Waals surface area contributed by atoms with Crippen LogP contribution in [0.2, 0.25) is 0 Å². The van der Waals surface area contributed by atoms with Crippen LogP contribution in [0.25, 0.3) is 0 Å². The van der Waals surface area contributed by atoms with Crippen LogP contribution >= 0.6 is 11.8 Å². The van der Waals surface area contributed by atoms with Crippen molar-refractivity contribution in [2.75, 3.05) is 12.3 Å². The van der Waals surface area contributed by atoms with Gasteiger partial charge in [-0.2, -0.15) is 0 Å². The molecule has 1 aliphatic carbocycles. The summed E-state index contributed by atoms with van der Waals surface area (Å²) in [5.74, 6) is 0.516. The molecule has 0 bridgehead atoms. The van der Waals surface area contributed by atoms with Gasteiger partial charge in [0.25, 0.3) is 0 Å². The SMILES string of the molecule is CCOC(=O)c1ccc(N)c(SC2CCCC(C)C2)c1. The van der Waals surface area contributed by atoms with Crippen molar-refractivity contribution in [1.82, 2.24) is 0 Å². The Morgan fingerprint density at radius 1 is 1.45 bits per heavy atom. The molecule has 2 atom stereocenters. The van der Waals surface area contributed by atoms with E-state index in [9.17, 15) is 4.79 Å². The second-order valence-electron chi connectivity index (χ2n) is 5.48. The van der Waals surface area contributed by atoms with Crippen molar-refractivity contribution in [1.29, 1.82) is 0 Å². The number of esters is 1. The average Bonchev–Trinajstić information content (AvgIpc) is 2.41. The predicted octanol–water partition coefficient (Wildman–Crippen LogP) is 4.12. The van der Waals surface area contributed by atoms with Gasteiger partial charge >= 0.3 is 5.97 Å². The number of hydrogen-bond acceptors (Lipinski definition) is 4. The molecule has 1 aromatic rings. The van der Waals surface area contributed by atoms with E-state index in [4.69, 9.17) is 10.5 Å². The van der Waals surface area contributed by atoms with Gasteiger partial charge in [0, 0.05) is 15.8 Å². The molecule has 1 saturated carbocycles. The summed E-state index contributed by atoms with van der Waals surface area (Å²) in [6, 6.07) is 5.42. The second-order valence-corrected chi connectivity index (χ2v) is 6.83. The molecule has 4 heteroatoms. The fourth-order valence-corrected chi connectivity index (χ4v) is 4.11. The number of nitrogen functional groups attached to an aromatic ring is 1. The van der Waals surface area contributed by atoms with Crippen LogP contribution in [0.3, 0.4) is 0 Å². The molecular weight excluding hydrogens is 270 g/mol. The largest absolute Gasteiger partial charge is 0.462 e. The van der Waals surface area contributed by atoms with Crippen LogP contribution in [0.4, 0.5) is 5.69 Å². The zero-order valence-electron chi connectivity index (χ0n) is 12.2. The van der Waals surface area contributed by atoms with Crippen molar-refractivity contribution in [2.45, 2.75) is 49.7 Å². The third-order valence-electron chi connectivity index (χ3n) is 3.71. The summed E-state index contributed by atoms with van der Waals surface area (Å²) in [6.07, 6.45) is 5.08. The lowest BCUT2D eigenvalue weighted by atomic mass is 9.91. The van der Waals surface area contributed by atoms with E-state index in [0.717, 1.165) is 16.5 Å². The van der Waals surface area contributed by atoms with Gasteiger partial charge in [-0.25, -0.2) is 4.79 Å². The summed E-state index contributed by atoms with van der Waals surface area (Å²) in [6.45, 7) is 4.52. The monoisotopic (exact) mass is 293 g/mol. The van der Waals surface area contributed by atoms with Crippen LogP contribution in [0.1, 0.15) is 49.9 Å². The number of hydrogen-bond donors (Lipinski definition) is 1. The van der Waals surface area contributed by atoms with Crippen molar-refractivity contribution in [3.8, 4) is 0 Å². The molecule has 1 aromatic carbocycles. The van der Waals surface area contributed by atoms with Gasteiger partial charge < -0.3 is 10.5 Å². The van der Waals surface area contributed by atoms with Crippen molar-refractivity contribution < 1.29 is 9.53 Å². The number of anilines is 1. The molecule has 0 spiro atoms. The summed E-state index contributed by atoms with van der Waals surface area (Å²) in [4.78, 5) is 12.8. The number of ether oxygens (including phenoxy) is 1. The molecule has 0 aliphatic heterocycles. The minimum atomic E-state index is -0.272. The third kappa shape index (κ3) is 3.92. The number of thioether (sulfide) groups is 1. The van der Waals surface area contributed by atoms with Crippen molar-refractivity contribution in [2.24, 2.45) is 5.92 Å². The molecule has 0 aromatic heterocycles. The van der Waals surface area contributed by atoms with Gasteiger partial charge in [0.15, 0.2) is 0 Å². The highest BCUT2D eigenvalue weighted by atomic mass is 32.2. The Hall–Kier alpha value is -1.16. The van der Waals surface area contributed by atoms with Gasteiger partial charge in [-0.15, -0.1) is 11.8 Å². The molecule has 20 heavy (non-hydrogen) atoms. The Kier molecular flexibility index (Phi) is 5.35. The minimum Gasteiger partial charge on any atom is -0.462 e. The van der Waals surface area contributed by atoms with Gasteiger partial charge in [0.2, 0.25) is 0 Å². The van der Waals surface area contributed by atoms with Crippen LogP contribution in [0.5, 0.6) is 0 Å². The Morgan fingerprint density at radius 3 is 2.95 bits per heavy atom. The van der Waals surface area contributed by atoms with E-state index in [2.05, 4.69) is 6.92 Å². The first-order valence-electron chi connectivity index (χ1n) is 7.33.